The lowest BCUT2D eigenvalue weighted by Gasteiger charge is -2.32. The Kier molecular flexibility index (Phi) is 8.07. The summed E-state index contributed by atoms with van der Waals surface area (Å²) in [6.07, 6.45) is 5.05. The van der Waals surface area contributed by atoms with Gasteiger partial charge in [0.25, 0.3) is 5.91 Å². The summed E-state index contributed by atoms with van der Waals surface area (Å²) < 4.78 is 33.8. The first kappa shape index (κ1) is 25.2. The number of carbonyl (C=O) groups excluding carboxylic acids is 2. The number of nitrogens with zero attached hydrogens (tertiary/aromatic N) is 2. The summed E-state index contributed by atoms with van der Waals surface area (Å²) in [5.41, 5.74) is 1.00. The van der Waals surface area contributed by atoms with Gasteiger partial charge in [-0.2, -0.15) is 4.31 Å². The van der Waals surface area contributed by atoms with E-state index in [-0.39, 0.29) is 40.5 Å². The zero-order valence-electron chi connectivity index (χ0n) is 20.1. The first-order valence-corrected chi connectivity index (χ1v) is 13.7. The van der Waals surface area contributed by atoms with Crippen molar-refractivity contribution in [3.05, 3.63) is 54.1 Å². The van der Waals surface area contributed by atoms with Crippen LogP contribution in [-0.4, -0.2) is 62.7 Å². The van der Waals surface area contributed by atoms with Crippen LogP contribution in [0.2, 0.25) is 0 Å². The average Bonchev–Trinajstić information content (AvgIpc) is 3.19. The number of rotatable bonds is 6. The molecule has 1 unspecified atom stereocenters. The van der Waals surface area contributed by atoms with Gasteiger partial charge in [-0.05, 0) is 56.0 Å². The van der Waals surface area contributed by atoms with Crippen LogP contribution in [0.5, 0.6) is 5.75 Å². The van der Waals surface area contributed by atoms with Gasteiger partial charge in [0.05, 0.1) is 13.0 Å². The number of ether oxygens (including phenoxy) is 1. The molecule has 2 amide bonds. The summed E-state index contributed by atoms with van der Waals surface area (Å²) in [6.45, 7) is 1.74. The maximum atomic E-state index is 13.5. The van der Waals surface area contributed by atoms with Crippen LogP contribution in [-0.2, 0) is 14.8 Å². The van der Waals surface area contributed by atoms with E-state index in [9.17, 15) is 18.0 Å². The number of para-hydroxylation sites is 1. The largest absolute Gasteiger partial charge is 0.495 e. The summed E-state index contributed by atoms with van der Waals surface area (Å²) >= 11 is 0. The highest BCUT2D eigenvalue weighted by molar-refractivity contribution is 7.89. The molecule has 1 N–H and O–H groups in total. The monoisotopic (exact) mass is 499 g/mol. The Labute approximate surface area is 207 Å². The number of amides is 2. The molecule has 9 heteroatoms. The zero-order valence-corrected chi connectivity index (χ0v) is 20.9. The minimum atomic E-state index is -3.80. The molecule has 0 aromatic heterocycles. The number of sulfonamides is 1. The number of nitrogens with one attached hydrogen (secondary N) is 1. The number of piperidine rings is 1. The van der Waals surface area contributed by atoms with Gasteiger partial charge in [-0.15, -0.1) is 0 Å². The second-order valence-corrected chi connectivity index (χ2v) is 11.0. The van der Waals surface area contributed by atoms with Crippen LogP contribution in [0.4, 0.5) is 5.69 Å². The molecule has 2 fully saturated rings. The Hall–Kier alpha value is -2.91. The molecule has 35 heavy (non-hydrogen) atoms. The van der Waals surface area contributed by atoms with Crippen molar-refractivity contribution < 1.29 is 22.7 Å². The number of hydrogen-bond donors (Lipinski definition) is 1. The highest BCUT2D eigenvalue weighted by atomic mass is 32.2. The Morgan fingerprint density at radius 1 is 0.943 bits per heavy atom. The van der Waals surface area contributed by atoms with Gasteiger partial charge >= 0.3 is 0 Å². The lowest BCUT2D eigenvalue weighted by atomic mass is 9.96. The lowest BCUT2D eigenvalue weighted by molar-refractivity contribution is -0.121. The molecular formula is C26H33N3O5S. The summed E-state index contributed by atoms with van der Waals surface area (Å²) in [4.78, 5) is 27.8. The van der Waals surface area contributed by atoms with Gasteiger partial charge in [0, 0.05) is 37.4 Å². The van der Waals surface area contributed by atoms with Crippen LogP contribution in [0.3, 0.4) is 0 Å². The SMILES string of the molecule is COc1ccc(C(=O)N2CCCC(C(=O)Nc3ccccc3)C2)cc1S(=O)(=O)N1CCCCCC1. The van der Waals surface area contributed by atoms with Crippen LogP contribution >= 0.6 is 0 Å². The smallest absolute Gasteiger partial charge is 0.253 e. The normalized spacial score (nSPS) is 19.6. The van der Waals surface area contributed by atoms with Gasteiger partial charge < -0.3 is 15.0 Å². The van der Waals surface area contributed by atoms with Crippen molar-refractivity contribution in [3.8, 4) is 5.75 Å². The highest BCUT2D eigenvalue weighted by Crippen LogP contribution is 2.30. The molecule has 4 rings (SSSR count). The summed E-state index contributed by atoms with van der Waals surface area (Å²) in [5.74, 6) is -0.499. The zero-order chi connectivity index (χ0) is 24.8. The van der Waals surface area contributed by atoms with Gasteiger partial charge in [0.15, 0.2) is 0 Å². The standard InChI is InChI=1S/C26H33N3O5S/c1-34-23-14-13-20(18-24(23)35(32,33)29-16-7-2-3-8-17-29)26(31)28-15-9-10-21(19-28)25(30)27-22-11-5-4-6-12-22/h4-6,11-14,18,21H,2-3,7-10,15-17,19H2,1H3,(H,27,30). The Bertz CT molecular complexity index is 1140. The van der Waals surface area contributed by atoms with E-state index in [1.54, 1.807) is 17.0 Å². The molecule has 8 nitrogen and oxygen atoms in total. The average molecular weight is 500 g/mol. The summed E-state index contributed by atoms with van der Waals surface area (Å²) in [5, 5.41) is 2.92. The molecule has 188 valence electrons. The van der Waals surface area contributed by atoms with Crippen LogP contribution in [0.15, 0.2) is 53.4 Å². The minimum absolute atomic E-state index is 0.0168. The fourth-order valence-corrected chi connectivity index (χ4v) is 6.46. The first-order chi connectivity index (χ1) is 16.9. The summed E-state index contributed by atoms with van der Waals surface area (Å²) in [6, 6.07) is 13.8. The number of likely N-dealkylation sites (tertiary alicyclic amines) is 1. The van der Waals surface area contributed by atoms with Crippen LogP contribution in [0, 0.1) is 5.92 Å². The van der Waals surface area contributed by atoms with E-state index < -0.39 is 10.0 Å². The number of methoxy groups -OCH3 is 1. The fraction of sp³-hybridized carbons (Fsp3) is 0.462. The van der Waals surface area contributed by atoms with Crippen LogP contribution < -0.4 is 10.1 Å². The van der Waals surface area contributed by atoms with Gasteiger partial charge in [0.2, 0.25) is 15.9 Å². The van der Waals surface area contributed by atoms with Gasteiger partial charge in [-0.1, -0.05) is 31.0 Å². The van der Waals surface area contributed by atoms with E-state index in [0.717, 1.165) is 31.4 Å². The van der Waals surface area contributed by atoms with E-state index in [1.165, 1.54) is 17.5 Å². The van der Waals surface area contributed by atoms with Crippen molar-refractivity contribution in [1.82, 2.24) is 9.21 Å². The van der Waals surface area contributed by atoms with Gasteiger partial charge in [-0.3, -0.25) is 9.59 Å². The Balaban J connectivity index is 1.52. The van der Waals surface area contributed by atoms with E-state index in [1.807, 2.05) is 30.3 Å². The van der Waals surface area contributed by atoms with E-state index in [2.05, 4.69) is 5.32 Å². The molecule has 2 aliphatic heterocycles. The molecular weight excluding hydrogens is 466 g/mol. The third-order valence-corrected chi connectivity index (χ3v) is 8.63. The third-order valence-electron chi connectivity index (χ3n) is 6.71. The van der Waals surface area contributed by atoms with Crippen molar-refractivity contribution in [2.75, 3.05) is 38.6 Å². The molecule has 2 heterocycles. The number of carbonyl (C=O) groups is 2. The second kappa shape index (κ2) is 11.2. The fourth-order valence-electron chi connectivity index (χ4n) is 4.76. The van der Waals surface area contributed by atoms with E-state index in [0.29, 0.717) is 32.5 Å². The quantitative estimate of drug-likeness (QED) is 0.653. The second-order valence-electron chi connectivity index (χ2n) is 9.13. The molecule has 2 aromatic rings. The van der Waals surface area contributed by atoms with Gasteiger partial charge in [0.1, 0.15) is 10.6 Å². The van der Waals surface area contributed by atoms with Crippen LogP contribution in [0.25, 0.3) is 0 Å². The third kappa shape index (κ3) is 5.85. The predicted octanol–water partition coefficient (Wildman–Crippen LogP) is 3.75. The number of hydrogen-bond acceptors (Lipinski definition) is 5. The van der Waals surface area contributed by atoms with E-state index in [4.69, 9.17) is 4.74 Å². The Morgan fingerprint density at radius 2 is 1.66 bits per heavy atom. The molecule has 0 radical (unpaired) electrons. The minimum Gasteiger partial charge on any atom is -0.495 e. The lowest BCUT2D eigenvalue weighted by Crippen LogP contribution is -2.43. The van der Waals surface area contributed by atoms with Crippen molar-refractivity contribution in [3.63, 3.8) is 0 Å². The summed E-state index contributed by atoms with van der Waals surface area (Å²) in [7, 11) is -2.37. The van der Waals surface area contributed by atoms with Gasteiger partial charge in [-0.25, -0.2) is 8.42 Å². The molecule has 2 aliphatic rings. The van der Waals surface area contributed by atoms with Crippen molar-refractivity contribution in [1.29, 1.82) is 0 Å². The maximum Gasteiger partial charge on any atom is 0.253 e. The number of anilines is 1. The van der Waals surface area contributed by atoms with Crippen LogP contribution in [0.1, 0.15) is 48.9 Å². The number of benzene rings is 2. The van der Waals surface area contributed by atoms with Crippen molar-refractivity contribution >= 4 is 27.5 Å². The molecule has 0 bridgehead atoms. The Morgan fingerprint density at radius 3 is 2.34 bits per heavy atom. The molecule has 2 aromatic carbocycles. The predicted molar refractivity (Wildman–Crippen MR) is 134 cm³/mol. The van der Waals surface area contributed by atoms with Crippen molar-refractivity contribution in [2.24, 2.45) is 5.92 Å². The molecule has 0 saturated carbocycles. The molecule has 1 atom stereocenters. The maximum absolute atomic E-state index is 13.5. The first-order valence-electron chi connectivity index (χ1n) is 12.2. The molecule has 0 aliphatic carbocycles. The topological polar surface area (TPSA) is 96.0 Å². The molecule has 2 saturated heterocycles. The van der Waals surface area contributed by atoms with Crippen molar-refractivity contribution in [2.45, 2.75) is 43.4 Å². The van der Waals surface area contributed by atoms with E-state index >= 15 is 0 Å². The molecule has 0 spiro atoms. The highest BCUT2D eigenvalue weighted by Gasteiger charge is 2.32.